The van der Waals surface area contributed by atoms with Gasteiger partial charge in [0.1, 0.15) is 0 Å². The average molecular weight is 552 g/mol. The van der Waals surface area contributed by atoms with Crippen LogP contribution in [0.3, 0.4) is 0 Å². The van der Waals surface area contributed by atoms with Crippen molar-refractivity contribution in [1.82, 2.24) is 10.2 Å². The van der Waals surface area contributed by atoms with Gasteiger partial charge in [0.15, 0.2) is 0 Å². The summed E-state index contributed by atoms with van der Waals surface area (Å²) in [6.45, 7) is 2.03. The first-order valence-corrected chi connectivity index (χ1v) is 9.40. The molecule has 0 saturated heterocycles. The van der Waals surface area contributed by atoms with E-state index < -0.39 is 0 Å². The molecule has 0 aliphatic carbocycles. The predicted molar refractivity (Wildman–Crippen MR) is 103 cm³/mol. The van der Waals surface area contributed by atoms with Gasteiger partial charge in [-0.1, -0.05) is 29.8 Å². The molecular formula is C15H8Br4N2O. The van der Waals surface area contributed by atoms with Crippen LogP contribution in [0.25, 0.3) is 22.0 Å². The van der Waals surface area contributed by atoms with Crippen molar-refractivity contribution in [1.29, 1.82) is 0 Å². The van der Waals surface area contributed by atoms with Crippen molar-refractivity contribution in [2.45, 2.75) is 6.92 Å². The quantitative estimate of drug-likeness (QED) is 0.300. The van der Waals surface area contributed by atoms with Crippen LogP contribution in [0.2, 0.25) is 0 Å². The van der Waals surface area contributed by atoms with E-state index in [0.29, 0.717) is 9.86 Å². The minimum Gasteiger partial charge on any atom is -0.267 e. The minimum absolute atomic E-state index is 0.244. The molecule has 0 fully saturated rings. The highest BCUT2D eigenvalue weighted by Crippen LogP contribution is 2.44. The number of benzene rings is 2. The first-order chi connectivity index (χ1) is 10.4. The lowest BCUT2D eigenvalue weighted by molar-refractivity contribution is 1.01. The van der Waals surface area contributed by atoms with Gasteiger partial charge >= 0.3 is 0 Å². The van der Waals surface area contributed by atoms with E-state index in [0.717, 1.165) is 30.1 Å². The van der Waals surface area contributed by atoms with Crippen molar-refractivity contribution in [3.63, 3.8) is 0 Å². The van der Waals surface area contributed by atoms with Crippen LogP contribution in [0.15, 0.2) is 47.0 Å². The molecule has 0 amide bonds. The van der Waals surface area contributed by atoms with Crippen LogP contribution < -0.4 is 5.56 Å². The van der Waals surface area contributed by atoms with Gasteiger partial charge in [-0.3, -0.25) is 4.79 Å². The van der Waals surface area contributed by atoms with Crippen molar-refractivity contribution in [2.75, 3.05) is 0 Å². The topological polar surface area (TPSA) is 45.8 Å². The maximum atomic E-state index is 12.2. The molecule has 0 unspecified atom stereocenters. The van der Waals surface area contributed by atoms with Gasteiger partial charge in [0, 0.05) is 28.8 Å². The summed E-state index contributed by atoms with van der Waals surface area (Å²) in [7, 11) is 0. The summed E-state index contributed by atoms with van der Waals surface area (Å²) in [6.07, 6.45) is 0. The van der Waals surface area contributed by atoms with Crippen molar-refractivity contribution in [3.8, 4) is 11.3 Å². The number of hydrogen-bond donors (Lipinski definition) is 1. The van der Waals surface area contributed by atoms with Crippen molar-refractivity contribution in [3.05, 3.63) is 58.1 Å². The summed E-state index contributed by atoms with van der Waals surface area (Å²) in [5.74, 6) is 0. The van der Waals surface area contributed by atoms with Gasteiger partial charge in [-0.2, -0.15) is 5.10 Å². The van der Waals surface area contributed by atoms with E-state index in [4.69, 9.17) is 0 Å². The largest absolute Gasteiger partial charge is 0.273 e. The van der Waals surface area contributed by atoms with Gasteiger partial charge < -0.3 is 0 Å². The third-order valence-corrected chi connectivity index (χ3v) is 8.09. The highest BCUT2D eigenvalue weighted by molar-refractivity contribution is 9.15. The van der Waals surface area contributed by atoms with Crippen LogP contribution in [0.1, 0.15) is 5.56 Å². The molecule has 1 heterocycles. The highest BCUT2D eigenvalue weighted by atomic mass is 79.9. The van der Waals surface area contributed by atoms with Crippen molar-refractivity contribution < 1.29 is 0 Å². The summed E-state index contributed by atoms with van der Waals surface area (Å²) in [6, 6.07) is 8.02. The second-order valence-corrected chi connectivity index (χ2v) is 7.95. The van der Waals surface area contributed by atoms with Crippen LogP contribution in [0, 0.1) is 6.92 Å². The number of halogens is 4. The molecule has 2 aromatic carbocycles. The fourth-order valence-corrected chi connectivity index (χ4v) is 4.69. The zero-order chi connectivity index (χ0) is 16.0. The number of aromatic nitrogens is 2. The lowest BCUT2D eigenvalue weighted by Gasteiger charge is -2.12. The molecule has 1 N–H and O–H groups in total. The molecule has 0 radical (unpaired) electrons. The molecule has 3 aromatic rings. The van der Waals surface area contributed by atoms with E-state index in [2.05, 4.69) is 73.9 Å². The third kappa shape index (κ3) is 2.62. The first kappa shape index (κ1) is 16.4. The Hall–Kier alpha value is -0.500. The molecule has 0 spiro atoms. The summed E-state index contributed by atoms with van der Waals surface area (Å²) in [5.41, 5.74) is 2.58. The fourth-order valence-electron chi connectivity index (χ4n) is 2.21. The van der Waals surface area contributed by atoms with E-state index in [1.54, 1.807) is 0 Å². The Kier molecular flexibility index (Phi) is 4.60. The van der Waals surface area contributed by atoms with E-state index in [-0.39, 0.29) is 5.56 Å². The molecular weight excluding hydrogens is 544 g/mol. The maximum Gasteiger partial charge on any atom is 0.273 e. The number of nitrogens with zero attached hydrogens (tertiary/aromatic N) is 1. The summed E-state index contributed by atoms with van der Waals surface area (Å²) in [4.78, 5) is 12.2. The highest BCUT2D eigenvalue weighted by Gasteiger charge is 2.20. The molecule has 0 atom stereocenters. The number of aromatic amines is 1. The van der Waals surface area contributed by atoms with Crippen molar-refractivity contribution >= 4 is 74.5 Å². The van der Waals surface area contributed by atoms with Gasteiger partial charge in [-0.15, -0.1) is 0 Å². The number of rotatable bonds is 1. The summed E-state index contributed by atoms with van der Waals surface area (Å²) >= 11 is 14.1. The Morgan fingerprint density at radius 2 is 1.41 bits per heavy atom. The number of aryl methyl sites for hydroxylation is 1. The zero-order valence-corrected chi connectivity index (χ0v) is 17.5. The predicted octanol–water partition coefficient (Wildman–Crippen LogP) is 5.95. The Morgan fingerprint density at radius 1 is 0.864 bits per heavy atom. The maximum absolute atomic E-state index is 12.2. The van der Waals surface area contributed by atoms with Gasteiger partial charge in [0.25, 0.3) is 5.56 Å². The number of hydrogen-bond acceptors (Lipinski definition) is 2. The van der Waals surface area contributed by atoms with Crippen LogP contribution >= 0.6 is 63.7 Å². The van der Waals surface area contributed by atoms with Crippen molar-refractivity contribution in [2.24, 2.45) is 0 Å². The smallest absolute Gasteiger partial charge is 0.267 e. The van der Waals surface area contributed by atoms with Gasteiger partial charge in [-0.05, 0) is 70.6 Å². The molecule has 7 heteroatoms. The van der Waals surface area contributed by atoms with E-state index >= 15 is 0 Å². The van der Waals surface area contributed by atoms with E-state index in [1.807, 2.05) is 31.2 Å². The third-order valence-electron chi connectivity index (χ3n) is 3.33. The monoisotopic (exact) mass is 548 g/mol. The van der Waals surface area contributed by atoms with E-state index in [1.165, 1.54) is 5.56 Å². The van der Waals surface area contributed by atoms with Crippen LogP contribution in [0.4, 0.5) is 0 Å². The molecule has 22 heavy (non-hydrogen) atoms. The standard InChI is InChI=1S/C15H8Br4N2O/c1-6-2-4-7(5-3-6)14-8-9(15(22)21-20-14)11(17)13(19)12(18)10(8)16/h2-5H,1H3,(H,21,22). The molecule has 1 aromatic heterocycles. The minimum atomic E-state index is -0.244. The fraction of sp³-hybridized carbons (Fsp3) is 0.0667. The van der Waals surface area contributed by atoms with Crippen LogP contribution in [-0.2, 0) is 0 Å². The molecule has 3 rings (SSSR count). The Morgan fingerprint density at radius 3 is 2.00 bits per heavy atom. The molecule has 0 aliphatic rings. The van der Waals surface area contributed by atoms with Gasteiger partial charge in [0.05, 0.1) is 11.1 Å². The SMILES string of the molecule is Cc1ccc(-c2n[nH]c(=O)c3c(Br)c(Br)c(Br)c(Br)c23)cc1. The number of nitrogens with one attached hydrogen (secondary N) is 1. The first-order valence-electron chi connectivity index (χ1n) is 6.23. The Labute approximate surface area is 160 Å². The average Bonchev–Trinajstić information content (AvgIpc) is 2.51. The lowest BCUT2D eigenvalue weighted by Crippen LogP contribution is -2.11. The lowest BCUT2D eigenvalue weighted by atomic mass is 10.0. The summed E-state index contributed by atoms with van der Waals surface area (Å²) < 4.78 is 3.08. The second-order valence-electron chi connectivity index (χ2n) is 4.77. The molecule has 3 nitrogen and oxygen atoms in total. The summed E-state index contributed by atoms with van der Waals surface area (Å²) in [5, 5.41) is 8.14. The normalized spacial score (nSPS) is 11.1. The molecule has 0 bridgehead atoms. The van der Waals surface area contributed by atoms with Crippen LogP contribution in [0.5, 0.6) is 0 Å². The number of H-pyrrole nitrogens is 1. The van der Waals surface area contributed by atoms with Gasteiger partial charge in [-0.25, -0.2) is 5.10 Å². The number of fused-ring (bicyclic) bond motifs is 1. The zero-order valence-electron chi connectivity index (χ0n) is 11.2. The second kappa shape index (κ2) is 6.19. The molecule has 0 aliphatic heterocycles. The molecule has 0 saturated carbocycles. The Balaban J connectivity index is 2.50. The van der Waals surface area contributed by atoms with E-state index in [9.17, 15) is 4.79 Å². The van der Waals surface area contributed by atoms with Crippen LogP contribution in [-0.4, -0.2) is 10.2 Å². The molecule has 112 valence electrons. The Bertz CT molecular complexity index is 949. The van der Waals surface area contributed by atoms with Gasteiger partial charge in [0.2, 0.25) is 0 Å².